The summed E-state index contributed by atoms with van der Waals surface area (Å²) in [4.78, 5) is 23.1. The van der Waals surface area contributed by atoms with Crippen molar-refractivity contribution in [2.45, 2.75) is 31.7 Å². The number of anilines is 2. The van der Waals surface area contributed by atoms with Crippen LogP contribution in [0.4, 0.5) is 16.2 Å². The molecule has 8 heteroatoms. The van der Waals surface area contributed by atoms with Crippen molar-refractivity contribution < 1.29 is 4.39 Å². The molecule has 0 bridgehead atoms. The minimum absolute atomic E-state index is 0.0107. The Hall–Kier alpha value is -2.22. The van der Waals surface area contributed by atoms with Crippen molar-refractivity contribution in [1.29, 1.82) is 0 Å². The molecule has 26 heavy (non-hydrogen) atoms. The molecule has 140 valence electrons. The molecule has 2 aliphatic heterocycles. The summed E-state index contributed by atoms with van der Waals surface area (Å²) < 4.78 is 13.9. The summed E-state index contributed by atoms with van der Waals surface area (Å²) in [6.45, 7) is 5.97. The van der Waals surface area contributed by atoms with Crippen LogP contribution >= 0.6 is 0 Å². The lowest BCUT2D eigenvalue weighted by Crippen LogP contribution is -2.56. The molecule has 1 saturated heterocycles. The van der Waals surface area contributed by atoms with Gasteiger partial charge in [0.2, 0.25) is 5.95 Å². The lowest BCUT2D eigenvalue weighted by Gasteiger charge is -2.50. The van der Waals surface area contributed by atoms with Gasteiger partial charge in [-0.3, -0.25) is 4.90 Å². The zero-order valence-corrected chi connectivity index (χ0v) is 15.7. The Kier molecular flexibility index (Phi) is 4.30. The van der Waals surface area contributed by atoms with Crippen molar-refractivity contribution in [3.05, 3.63) is 29.7 Å². The lowest BCUT2D eigenvalue weighted by atomic mass is 9.79. The van der Waals surface area contributed by atoms with Gasteiger partial charge in [-0.2, -0.15) is 4.98 Å². The Labute approximate surface area is 153 Å². The fourth-order valence-electron chi connectivity index (χ4n) is 4.43. The average molecular weight is 359 g/mol. The number of hydrogen-bond donors (Lipinski definition) is 1. The highest BCUT2D eigenvalue weighted by molar-refractivity contribution is 5.44. The smallest absolute Gasteiger partial charge is 0.227 e. The molecule has 0 saturated carbocycles. The molecule has 0 unspecified atom stereocenters. The molecule has 4 rings (SSSR count). The predicted molar refractivity (Wildman–Crippen MR) is 99.0 cm³/mol. The summed E-state index contributed by atoms with van der Waals surface area (Å²) in [7, 11) is 3.58. The van der Waals surface area contributed by atoms with Crippen LogP contribution in [0.25, 0.3) is 0 Å². The van der Waals surface area contributed by atoms with Crippen LogP contribution in [0.2, 0.25) is 0 Å². The second-order valence-corrected chi connectivity index (χ2v) is 7.31. The topological polar surface area (TPSA) is 64.2 Å². The van der Waals surface area contributed by atoms with E-state index in [1.54, 1.807) is 19.0 Å². The molecule has 1 fully saturated rings. The van der Waals surface area contributed by atoms with E-state index in [0.717, 1.165) is 45.4 Å². The molecule has 7 nitrogen and oxygen atoms in total. The summed E-state index contributed by atoms with van der Waals surface area (Å²) in [6.07, 6.45) is 6.06. The second kappa shape index (κ2) is 6.50. The summed E-state index contributed by atoms with van der Waals surface area (Å²) in [5.74, 6) is 0.543. The van der Waals surface area contributed by atoms with Crippen molar-refractivity contribution in [2.24, 2.45) is 0 Å². The maximum Gasteiger partial charge on any atom is 0.227 e. The van der Waals surface area contributed by atoms with Gasteiger partial charge in [-0.1, -0.05) is 6.92 Å². The van der Waals surface area contributed by atoms with E-state index in [1.807, 2.05) is 6.33 Å². The van der Waals surface area contributed by atoms with Crippen molar-refractivity contribution in [2.75, 3.05) is 50.1 Å². The molecule has 0 aromatic carbocycles. The highest BCUT2D eigenvalue weighted by Crippen LogP contribution is 2.42. The maximum absolute atomic E-state index is 13.9. The number of halogens is 1. The van der Waals surface area contributed by atoms with E-state index in [9.17, 15) is 4.39 Å². The van der Waals surface area contributed by atoms with Crippen molar-refractivity contribution in [3.8, 4) is 0 Å². The minimum Gasteiger partial charge on any atom is -0.360 e. The van der Waals surface area contributed by atoms with Gasteiger partial charge >= 0.3 is 0 Å². The summed E-state index contributed by atoms with van der Waals surface area (Å²) in [5.41, 5.74) is 2.47. The van der Waals surface area contributed by atoms with E-state index in [0.29, 0.717) is 11.8 Å². The van der Waals surface area contributed by atoms with Gasteiger partial charge in [0.25, 0.3) is 0 Å². The highest BCUT2D eigenvalue weighted by atomic mass is 19.1. The Morgan fingerprint density at radius 1 is 1.23 bits per heavy atom. The molecule has 1 N–H and O–H groups in total. The Morgan fingerprint density at radius 3 is 2.69 bits per heavy atom. The van der Waals surface area contributed by atoms with E-state index in [1.165, 1.54) is 17.6 Å². The quantitative estimate of drug-likeness (QED) is 0.901. The van der Waals surface area contributed by atoms with Crippen molar-refractivity contribution in [1.82, 2.24) is 24.8 Å². The fraction of sp³-hybridized carbons (Fsp3) is 0.611. The average Bonchev–Trinajstić information content (AvgIpc) is 3.13. The van der Waals surface area contributed by atoms with Gasteiger partial charge < -0.3 is 14.8 Å². The van der Waals surface area contributed by atoms with Gasteiger partial charge in [0.1, 0.15) is 0 Å². The number of likely N-dealkylation sites (N-methyl/N-ethyl adjacent to an activating group) is 1. The minimum atomic E-state index is -0.391. The standard InChI is InChI=1S/C18H26FN7/c1-4-26-8-5-14-15(22-12-21-14)18(26)6-9-25(10-7-18)17-20-11-13(19)16(23-17)24(2)3/h11-12H,4-10H2,1-3H3,(H,21,22). The van der Waals surface area contributed by atoms with E-state index in [2.05, 4.69) is 36.7 Å². The Bertz CT molecular complexity index is 780. The highest BCUT2D eigenvalue weighted by Gasteiger charge is 2.46. The van der Waals surface area contributed by atoms with E-state index >= 15 is 0 Å². The predicted octanol–water partition coefficient (Wildman–Crippen LogP) is 1.78. The van der Waals surface area contributed by atoms with Gasteiger partial charge in [-0.25, -0.2) is 14.4 Å². The third-order valence-electron chi connectivity index (χ3n) is 5.79. The van der Waals surface area contributed by atoms with E-state index < -0.39 is 5.82 Å². The van der Waals surface area contributed by atoms with Crippen LogP contribution in [0, 0.1) is 5.82 Å². The molecule has 2 aromatic rings. The number of aromatic amines is 1. The first-order valence-electron chi connectivity index (χ1n) is 9.28. The van der Waals surface area contributed by atoms with Crippen LogP contribution in [-0.4, -0.2) is 65.1 Å². The molecule has 0 aliphatic carbocycles. The van der Waals surface area contributed by atoms with Gasteiger partial charge in [0, 0.05) is 45.8 Å². The Balaban J connectivity index is 1.59. The number of hydrogen-bond acceptors (Lipinski definition) is 6. The van der Waals surface area contributed by atoms with Crippen molar-refractivity contribution in [3.63, 3.8) is 0 Å². The van der Waals surface area contributed by atoms with Gasteiger partial charge in [0.15, 0.2) is 11.6 Å². The monoisotopic (exact) mass is 359 g/mol. The zero-order chi connectivity index (χ0) is 18.3. The molecule has 2 aromatic heterocycles. The molecule has 1 spiro atoms. The molecule has 0 atom stereocenters. The van der Waals surface area contributed by atoms with Gasteiger partial charge in [0.05, 0.1) is 23.8 Å². The summed E-state index contributed by atoms with van der Waals surface area (Å²) in [5, 5.41) is 0. The number of imidazole rings is 1. The van der Waals surface area contributed by atoms with Gasteiger partial charge in [-0.15, -0.1) is 0 Å². The first-order chi connectivity index (χ1) is 12.5. The fourth-order valence-corrected chi connectivity index (χ4v) is 4.43. The molecular formula is C18H26FN7. The lowest BCUT2D eigenvalue weighted by molar-refractivity contribution is 0.0495. The first-order valence-corrected chi connectivity index (χ1v) is 9.28. The summed E-state index contributed by atoms with van der Waals surface area (Å²) >= 11 is 0. The Morgan fingerprint density at radius 2 is 2.00 bits per heavy atom. The normalized spacial score (nSPS) is 19.6. The second-order valence-electron chi connectivity index (χ2n) is 7.31. The van der Waals surface area contributed by atoms with Gasteiger partial charge in [-0.05, 0) is 19.4 Å². The van der Waals surface area contributed by atoms with Crippen LogP contribution in [0.3, 0.4) is 0 Å². The van der Waals surface area contributed by atoms with Crippen LogP contribution in [0.15, 0.2) is 12.5 Å². The van der Waals surface area contributed by atoms with E-state index in [4.69, 9.17) is 0 Å². The number of piperidine rings is 1. The number of rotatable bonds is 3. The third kappa shape index (κ3) is 2.63. The third-order valence-corrected chi connectivity index (χ3v) is 5.79. The van der Waals surface area contributed by atoms with E-state index in [-0.39, 0.29) is 5.54 Å². The molecular weight excluding hydrogens is 333 g/mol. The number of fused-ring (bicyclic) bond motifs is 2. The number of H-pyrrole nitrogens is 1. The number of nitrogens with one attached hydrogen (secondary N) is 1. The molecule has 0 radical (unpaired) electrons. The molecule has 2 aliphatic rings. The zero-order valence-electron chi connectivity index (χ0n) is 15.7. The first kappa shape index (κ1) is 17.2. The largest absolute Gasteiger partial charge is 0.360 e. The van der Waals surface area contributed by atoms with Crippen LogP contribution < -0.4 is 9.80 Å². The summed E-state index contributed by atoms with van der Waals surface area (Å²) in [6, 6.07) is 0. The van der Waals surface area contributed by atoms with Crippen LogP contribution in [0.5, 0.6) is 0 Å². The van der Waals surface area contributed by atoms with Crippen molar-refractivity contribution >= 4 is 11.8 Å². The number of aromatic nitrogens is 4. The SMILES string of the molecule is CCN1CCc2[nH]cnc2C12CCN(c1ncc(F)c(N(C)C)n1)CC2. The maximum atomic E-state index is 13.9. The van der Waals surface area contributed by atoms with Crippen LogP contribution in [0.1, 0.15) is 31.2 Å². The number of nitrogens with zero attached hydrogens (tertiary/aromatic N) is 6. The molecule has 4 heterocycles. The van der Waals surface area contributed by atoms with Crippen LogP contribution in [-0.2, 0) is 12.0 Å². The molecule has 0 amide bonds.